The predicted octanol–water partition coefficient (Wildman–Crippen LogP) is 2.06. The van der Waals surface area contributed by atoms with E-state index in [-0.39, 0.29) is 0 Å². The smallest absolute Gasteiger partial charge is 0.119 e. The van der Waals surface area contributed by atoms with Gasteiger partial charge in [-0.3, -0.25) is 0 Å². The van der Waals surface area contributed by atoms with E-state index in [0.29, 0.717) is 12.0 Å². The van der Waals surface area contributed by atoms with Crippen LogP contribution < -0.4 is 10.1 Å². The van der Waals surface area contributed by atoms with Crippen LogP contribution in [0.15, 0.2) is 30.3 Å². The van der Waals surface area contributed by atoms with Crippen molar-refractivity contribution in [3.05, 3.63) is 30.3 Å². The Balaban J connectivity index is 1.96. The third-order valence-corrected chi connectivity index (χ3v) is 2.74. The first-order chi connectivity index (χ1) is 6.86. The summed E-state index contributed by atoms with van der Waals surface area (Å²) in [6.07, 6.45) is 1.48. The number of para-hydroxylation sites is 1. The van der Waals surface area contributed by atoms with Crippen LogP contribution in [-0.2, 0) is 0 Å². The molecule has 0 spiro atoms. The molecule has 2 atom stereocenters. The Kier molecular flexibility index (Phi) is 3.04. The van der Waals surface area contributed by atoms with E-state index in [9.17, 15) is 0 Å². The van der Waals surface area contributed by atoms with Gasteiger partial charge in [0.2, 0.25) is 0 Å². The van der Waals surface area contributed by atoms with Gasteiger partial charge in [0.25, 0.3) is 0 Å². The monoisotopic (exact) mass is 191 g/mol. The van der Waals surface area contributed by atoms with Crippen molar-refractivity contribution in [1.29, 1.82) is 0 Å². The Morgan fingerprint density at radius 2 is 2.07 bits per heavy atom. The first kappa shape index (κ1) is 9.53. The van der Waals surface area contributed by atoms with Crippen LogP contribution >= 0.6 is 0 Å². The lowest BCUT2D eigenvalue weighted by Crippen LogP contribution is -2.41. The van der Waals surface area contributed by atoms with E-state index in [2.05, 4.69) is 12.2 Å². The van der Waals surface area contributed by atoms with Crippen LogP contribution in [0.2, 0.25) is 0 Å². The zero-order valence-corrected chi connectivity index (χ0v) is 8.57. The Hall–Kier alpha value is -1.02. The lowest BCUT2D eigenvalue weighted by atomic mass is 9.98. The van der Waals surface area contributed by atoms with Gasteiger partial charge in [0.15, 0.2) is 0 Å². The van der Waals surface area contributed by atoms with Crippen LogP contribution in [-0.4, -0.2) is 19.2 Å². The van der Waals surface area contributed by atoms with Crippen molar-refractivity contribution >= 4 is 0 Å². The van der Waals surface area contributed by atoms with Crippen molar-refractivity contribution in [2.24, 2.45) is 5.92 Å². The molecule has 2 rings (SSSR count). The van der Waals surface area contributed by atoms with E-state index in [4.69, 9.17) is 4.74 Å². The molecular formula is C12H17NO. The number of rotatable bonds is 2. The predicted molar refractivity (Wildman–Crippen MR) is 57.5 cm³/mol. The molecule has 0 amide bonds. The summed E-state index contributed by atoms with van der Waals surface area (Å²) >= 11 is 0. The summed E-state index contributed by atoms with van der Waals surface area (Å²) in [5.41, 5.74) is 0. The number of hydrogen-bond acceptors (Lipinski definition) is 2. The molecule has 2 nitrogen and oxygen atoms in total. The third kappa shape index (κ3) is 2.26. The second kappa shape index (κ2) is 4.47. The molecule has 1 saturated heterocycles. The summed E-state index contributed by atoms with van der Waals surface area (Å²) in [4.78, 5) is 0. The molecule has 0 saturated carbocycles. The van der Waals surface area contributed by atoms with Crippen molar-refractivity contribution in [3.8, 4) is 5.75 Å². The first-order valence-corrected chi connectivity index (χ1v) is 5.28. The second-order valence-corrected chi connectivity index (χ2v) is 3.94. The fourth-order valence-electron chi connectivity index (χ4n) is 1.84. The molecule has 2 unspecified atom stereocenters. The van der Waals surface area contributed by atoms with E-state index in [0.717, 1.165) is 25.3 Å². The van der Waals surface area contributed by atoms with Gasteiger partial charge in [0.05, 0.1) is 0 Å². The van der Waals surface area contributed by atoms with Gasteiger partial charge in [0, 0.05) is 12.5 Å². The fraction of sp³-hybridized carbons (Fsp3) is 0.500. The third-order valence-electron chi connectivity index (χ3n) is 2.74. The molecule has 0 aliphatic carbocycles. The second-order valence-electron chi connectivity index (χ2n) is 3.94. The van der Waals surface area contributed by atoms with Crippen LogP contribution in [0.1, 0.15) is 13.3 Å². The van der Waals surface area contributed by atoms with Crippen molar-refractivity contribution in [3.63, 3.8) is 0 Å². The van der Waals surface area contributed by atoms with Gasteiger partial charge in [-0.15, -0.1) is 0 Å². The maximum atomic E-state index is 5.93. The number of piperidine rings is 1. The number of ether oxygens (including phenoxy) is 1. The molecule has 1 aliphatic rings. The first-order valence-electron chi connectivity index (χ1n) is 5.28. The molecule has 0 aromatic heterocycles. The van der Waals surface area contributed by atoms with Crippen LogP contribution in [0.25, 0.3) is 0 Å². The molecule has 1 fully saturated rings. The van der Waals surface area contributed by atoms with Crippen LogP contribution in [0, 0.1) is 5.92 Å². The van der Waals surface area contributed by atoms with Crippen LogP contribution in [0.5, 0.6) is 5.75 Å². The maximum absolute atomic E-state index is 5.93. The molecule has 1 aliphatic heterocycles. The normalized spacial score (nSPS) is 27.2. The highest BCUT2D eigenvalue weighted by Crippen LogP contribution is 2.19. The van der Waals surface area contributed by atoms with E-state index >= 15 is 0 Å². The van der Waals surface area contributed by atoms with Gasteiger partial charge >= 0.3 is 0 Å². The van der Waals surface area contributed by atoms with Gasteiger partial charge in [-0.1, -0.05) is 25.1 Å². The van der Waals surface area contributed by atoms with Gasteiger partial charge in [0.1, 0.15) is 11.9 Å². The minimum absolute atomic E-state index is 0.374. The zero-order chi connectivity index (χ0) is 9.80. The SMILES string of the molecule is CC1CNCCC1Oc1ccccc1. The standard InChI is InChI=1S/C12H17NO/c1-10-9-13-8-7-12(10)14-11-5-3-2-4-6-11/h2-6,10,12-13H,7-9H2,1H3. The highest BCUT2D eigenvalue weighted by Gasteiger charge is 2.22. The van der Waals surface area contributed by atoms with Crippen molar-refractivity contribution < 1.29 is 4.74 Å². The molecule has 0 bridgehead atoms. The molecular weight excluding hydrogens is 174 g/mol. The van der Waals surface area contributed by atoms with E-state index in [1.807, 2.05) is 30.3 Å². The van der Waals surface area contributed by atoms with Gasteiger partial charge in [-0.25, -0.2) is 0 Å². The van der Waals surface area contributed by atoms with Crippen molar-refractivity contribution in [2.45, 2.75) is 19.4 Å². The van der Waals surface area contributed by atoms with Gasteiger partial charge in [-0.05, 0) is 25.1 Å². The average Bonchev–Trinajstić information content (AvgIpc) is 2.23. The largest absolute Gasteiger partial charge is 0.490 e. The highest BCUT2D eigenvalue weighted by molar-refractivity contribution is 5.21. The zero-order valence-electron chi connectivity index (χ0n) is 8.57. The summed E-state index contributed by atoms with van der Waals surface area (Å²) in [5, 5.41) is 3.37. The van der Waals surface area contributed by atoms with Crippen LogP contribution in [0.3, 0.4) is 0 Å². The van der Waals surface area contributed by atoms with Crippen molar-refractivity contribution in [2.75, 3.05) is 13.1 Å². The molecule has 2 heteroatoms. The number of benzene rings is 1. The summed E-state index contributed by atoms with van der Waals surface area (Å²) < 4.78 is 5.93. The fourth-order valence-corrected chi connectivity index (χ4v) is 1.84. The summed E-state index contributed by atoms with van der Waals surface area (Å²) in [5.74, 6) is 1.59. The summed E-state index contributed by atoms with van der Waals surface area (Å²) in [7, 11) is 0. The molecule has 1 aromatic rings. The maximum Gasteiger partial charge on any atom is 0.119 e. The number of nitrogens with one attached hydrogen (secondary N) is 1. The topological polar surface area (TPSA) is 21.3 Å². The van der Waals surface area contributed by atoms with Gasteiger partial charge in [-0.2, -0.15) is 0 Å². The molecule has 1 heterocycles. The minimum atomic E-state index is 0.374. The lowest BCUT2D eigenvalue weighted by molar-refractivity contribution is 0.112. The lowest BCUT2D eigenvalue weighted by Gasteiger charge is -2.29. The Bertz CT molecular complexity index is 273. The Morgan fingerprint density at radius 3 is 2.79 bits per heavy atom. The molecule has 1 aromatic carbocycles. The van der Waals surface area contributed by atoms with E-state index in [1.54, 1.807) is 0 Å². The quantitative estimate of drug-likeness (QED) is 0.772. The highest BCUT2D eigenvalue weighted by atomic mass is 16.5. The number of hydrogen-bond donors (Lipinski definition) is 1. The van der Waals surface area contributed by atoms with Gasteiger partial charge < -0.3 is 10.1 Å². The average molecular weight is 191 g/mol. The Morgan fingerprint density at radius 1 is 1.29 bits per heavy atom. The summed E-state index contributed by atoms with van der Waals surface area (Å²) in [6.45, 7) is 4.37. The Labute approximate surface area is 85.3 Å². The molecule has 76 valence electrons. The van der Waals surface area contributed by atoms with E-state index in [1.165, 1.54) is 0 Å². The molecule has 14 heavy (non-hydrogen) atoms. The summed E-state index contributed by atoms with van der Waals surface area (Å²) in [6, 6.07) is 10.1. The minimum Gasteiger partial charge on any atom is -0.490 e. The van der Waals surface area contributed by atoms with Crippen LogP contribution in [0.4, 0.5) is 0 Å². The molecule has 0 radical (unpaired) electrons. The molecule has 1 N–H and O–H groups in total. The van der Waals surface area contributed by atoms with E-state index < -0.39 is 0 Å². The van der Waals surface area contributed by atoms with Crippen molar-refractivity contribution in [1.82, 2.24) is 5.32 Å².